The Kier molecular flexibility index (Phi) is 4.38. The van der Waals surface area contributed by atoms with Crippen LogP contribution in [0.2, 0.25) is 0 Å². The highest BCUT2D eigenvalue weighted by molar-refractivity contribution is 9.10. The highest BCUT2D eigenvalue weighted by Gasteiger charge is 2.15. The molecular weight excluding hydrogens is 314 g/mol. The van der Waals surface area contributed by atoms with E-state index >= 15 is 0 Å². The van der Waals surface area contributed by atoms with Gasteiger partial charge in [-0.15, -0.1) is 0 Å². The summed E-state index contributed by atoms with van der Waals surface area (Å²) >= 11 is 3.54. The molecule has 20 heavy (non-hydrogen) atoms. The summed E-state index contributed by atoms with van der Waals surface area (Å²) in [5, 5.41) is 3.59. The van der Waals surface area contributed by atoms with Crippen LogP contribution in [-0.4, -0.2) is 13.2 Å². The number of hydrogen-bond acceptors (Lipinski definition) is 2. The second kappa shape index (κ2) is 6.42. The Morgan fingerprint density at radius 2 is 2.00 bits per heavy atom. The number of hydrogen-bond donors (Lipinski definition) is 1. The second-order valence-corrected chi connectivity index (χ2v) is 6.00. The van der Waals surface area contributed by atoms with Crippen LogP contribution in [0.1, 0.15) is 23.6 Å². The normalized spacial score (nSPS) is 19.1. The van der Waals surface area contributed by atoms with Crippen molar-refractivity contribution in [3.8, 4) is 5.75 Å². The highest BCUT2D eigenvalue weighted by atomic mass is 79.9. The van der Waals surface area contributed by atoms with Crippen molar-refractivity contribution in [1.29, 1.82) is 0 Å². The zero-order valence-electron chi connectivity index (χ0n) is 11.3. The van der Waals surface area contributed by atoms with Crippen LogP contribution in [0.5, 0.6) is 5.75 Å². The molecule has 0 bridgehead atoms. The third-order valence-corrected chi connectivity index (χ3v) is 4.14. The molecule has 104 valence electrons. The van der Waals surface area contributed by atoms with E-state index in [0.717, 1.165) is 29.6 Å². The van der Waals surface area contributed by atoms with Crippen LogP contribution >= 0.6 is 15.9 Å². The van der Waals surface area contributed by atoms with Gasteiger partial charge in [-0.2, -0.15) is 0 Å². The lowest BCUT2D eigenvalue weighted by Gasteiger charge is -2.19. The van der Waals surface area contributed by atoms with Crippen LogP contribution < -0.4 is 10.1 Å². The zero-order valence-corrected chi connectivity index (χ0v) is 12.9. The summed E-state index contributed by atoms with van der Waals surface area (Å²) in [6.07, 6.45) is 2.19. The maximum absolute atomic E-state index is 6.04. The molecule has 0 radical (unpaired) electrons. The molecule has 0 aliphatic carbocycles. The largest absolute Gasteiger partial charge is 0.491 e. The van der Waals surface area contributed by atoms with Crippen LogP contribution in [-0.2, 0) is 6.42 Å². The molecule has 0 saturated carbocycles. The molecule has 1 unspecified atom stereocenters. The Hall–Kier alpha value is -1.32. The first kappa shape index (κ1) is 13.7. The van der Waals surface area contributed by atoms with E-state index < -0.39 is 0 Å². The molecule has 1 aliphatic rings. The van der Waals surface area contributed by atoms with E-state index in [-0.39, 0.29) is 6.04 Å². The summed E-state index contributed by atoms with van der Waals surface area (Å²) in [4.78, 5) is 0. The standard InChI is InChI=1S/C17H18BrNO/c18-15-8-3-6-14(11-15)16-12-20-17-9-2-1-5-13(17)7-4-10-19-16/h1-3,5-6,8-9,11,16,19H,4,7,10,12H2. The molecule has 0 fully saturated rings. The number of rotatable bonds is 1. The predicted molar refractivity (Wildman–Crippen MR) is 85.1 cm³/mol. The van der Waals surface area contributed by atoms with Gasteiger partial charge in [0.05, 0.1) is 6.04 Å². The van der Waals surface area contributed by atoms with Crippen LogP contribution in [0, 0.1) is 0 Å². The monoisotopic (exact) mass is 331 g/mol. The first-order chi connectivity index (χ1) is 9.83. The van der Waals surface area contributed by atoms with Crippen molar-refractivity contribution < 1.29 is 4.74 Å². The summed E-state index contributed by atoms with van der Waals surface area (Å²) in [5.41, 5.74) is 2.57. The zero-order chi connectivity index (χ0) is 13.8. The molecule has 3 rings (SSSR count). The summed E-state index contributed by atoms with van der Waals surface area (Å²) < 4.78 is 7.15. The molecule has 0 saturated heterocycles. The molecule has 1 aliphatic heterocycles. The van der Waals surface area contributed by atoms with Gasteiger partial charge in [-0.25, -0.2) is 0 Å². The number of ether oxygens (including phenoxy) is 1. The van der Waals surface area contributed by atoms with E-state index in [2.05, 4.69) is 63.7 Å². The number of nitrogens with one attached hydrogen (secondary N) is 1. The van der Waals surface area contributed by atoms with E-state index in [1.54, 1.807) is 0 Å². The number of para-hydroxylation sites is 1. The lowest BCUT2D eigenvalue weighted by Crippen LogP contribution is -2.27. The van der Waals surface area contributed by atoms with Crippen LogP contribution in [0.25, 0.3) is 0 Å². The average Bonchev–Trinajstić information content (AvgIpc) is 2.57. The predicted octanol–water partition coefficient (Wildman–Crippen LogP) is 4.11. The van der Waals surface area contributed by atoms with Crippen molar-refractivity contribution >= 4 is 15.9 Å². The summed E-state index contributed by atoms with van der Waals surface area (Å²) in [6.45, 7) is 1.67. The van der Waals surface area contributed by atoms with Gasteiger partial charge in [0.25, 0.3) is 0 Å². The SMILES string of the molecule is Brc1cccc(C2COc3ccccc3CCCN2)c1. The van der Waals surface area contributed by atoms with Crippen molar-refractivity contribution in [2.24, 2.45) is 0 Å². The molecule has 1 N–H and O–H groups in total. The van der Waals surface area contributed by atoms with Gasteiger partial charge in [0.1, 0.15) is 12.4 Å². The fraction of sp³-hybridized carbons (Fsp3) is 0.294. The second-order valence-electron chi connectivity index (χ2n) is 5.08. The summed E-state index contributed by atoms with van der Waals surface area (Å²) in [5.74, 6) is 1.02. The van der Waals surface area contributed by atoms with E-state index in [4.69, 9.17) is 4.74 Å². The molecule has 2 nitrogen and oxygen atoms in total. The van der Waals surface area contributed by atoms with Gasteiger partial charge >= 0.3 is 0 Å². The first-order valence-corrected chi connectivity index (χ1v) is 7.82. The first-order valence-electron chi connectivity index (χ1n) is 7.02. The Morgan fingerprint density at radius 1 is 1.10 bits per heavy atom. The lowest BCUT2D eigenvalue weighted by molar-refractivity contribution is 0.269. The maximum Gasteiger partial charge on any atom is 0.122 e. The third-order valence-electron chi connectivity index (χ3n) is 3.64. The molecule has 2 aromatic rings. The number of fused-ring (bicyclic) bond motifs is 1. The summed E-state index contributed by atoms with van der Waals surface area (Å²) in [7, 11) is 0. The van der Waals surface area contributed by atoms with Crippen LogP contribution in [0.3, 0.4) is 0 Å². The van der Waals surface area contributed by atoms with Gasteiger partial charge in [0.2, 0.25) is 0 Å². The number of benzene rings is 2. The van der Waals surface area contributed by atoms with E-state index in [0.29, 0.717) is 6.61 Å². The van der Waals surface area contributed by atoms with Gasteiger partial charge in [-0.3, -0.25) is 0 Å². The molecule has 0 aromatic heterocycles. The Bertz CT molecular complexity index is 585. The molecule has 1 heterocycles. The molecular formula is C17H18BrNO. The van der Waals surface area contributed by atoms with Crippen LogP contribution in [0.15, 0.2) is 53.0 Å². The quantitative estimate of drug-likeness (QED) is 0.849. The van der Waals surface area contributed by atoms with Gasteiger partial charge in [0, 0.05) is 4.47 Å². The van der Waals surface area contributed by atoms with Crippen molar-refractivity contribution in [2.45, 2.75) is 18.9 Å². The highest BCUT2D eigenvalue weighted by Crippen LogP contribution is 2.24. The minimum atomic E-state index is 0.235. The topological polar surface area (TPSA) is 21.3 Å². The maximum atomic E-state index is 6.04. The van der Waals surface area contributed by atoms with Crippen molar-refractivity contribution in [1.82, 2.24) is 5.32 Å². The molecule has 3 heteroatoms. The van der Waals surface area contributed by atoms with E-state index in [9.17, 15) is 0 Å². The fourth-order valence-electron chi connectivity index (χ4n) is 2.58. The number of halogens is 1. The van der Waals surface area contributed by atoms with Crippen molar-refractivity contribution in [3.05, 3.63) is 64.1 Å². The molecule has 0 amide bonds. The third kappa shape index (κ3) is 3.22. The van der Waals surface area contributed by atoms with Gasteiger partial charge in [-0.1, -0.05) is 46.3 Å². The average molecular weight is 332 g/mol. The smallest absolute Gasteiger partial charge is 0.122 e. The van der Waals surface area contributed by atoms with E-state index in [1.165, 1.54) is 11.1 Å². The van der Waals surface area contributed by atoms with E-state index in [1.807, 2.05) is 6.07 Å². The Balaban J connectivity index is 1.81. The minimum Gasteiger partial charge on any atom is -0.491 e. The van der Waals surface area contributed by atoms with Gasteiger partial charge in [-0.05, 0) is 48.7 Å². The Morgan fingerprint density at radius 3 is 2.90 bits per heavy atom. The van der Waals surface area contributed by atoms with Crippen LogP contribution in [0.4, 0.5) is 0 Å². The van der Waals surface area contributed by atoms with Gasteiger partial charge < -0.3 is 10.1 Å². The van der Waals surface area contributed by atoms with Crippen molar-refractivity contribution in [2.75, 3.05) is 13.2 Å². The lowest BCUT2D eigenvalue weighted by atomic mass is 10.1. The summed E-state index contributed by atoms with van der Waals surface area (Å²) in [6, 6.07) is 17.0. The minimum absolute atomic E-state index is 0.235. The van der Waals surface area contributed by atoms with Crippen molar-refractivity contribution in [3.63, 3.8) is 0 Å². The number of aryl methyl sites for hydroxylation is 1. The molecule has 0 spiro atoms. The molecule has 1 atom stereocenters. The Labute approximate surface area is 128 Å². The fourth-order valence-corrected chi connectivity index (χ4v) is 2.99. The molecule has 2 aromatic carbocycles. The van der Waals surface area contributed by atoms with Gasteiger partial charge in [0.15, 0.2) is 0 Å².